The third-order valence-electron chi connectivity index (χ3n) is 2.99. The van der Waals surface area contributed by atoms with Gasteiger partial charge in [-0.15, -0.1) is 0 Å². The van der Waals surface area contributed by atoms with Crippen molar-refractivity contribution in [2.24, 2.45) is 0 Å². The van der Waals surface area contributed by atoms with Crippen LogP contribution in [0, 0.1) is 0 Å². The zero-order chi connectivity index (χ0) is 13.5. The summed E-state index contributed by atoms with van der Waals surface area (Å²) < 4.78 is 5.38. The van der Waals surface area contributed by atoms with Crippen molar-refractivity contribution in [3.05, 3.63) is 42.1 Å². The molecule has 0 saturated carbocycles. The van der Waals surface area contributed by atoms with Crippen molar-refractivity contribution < 1.29 is 4.74 Å². The average molecular weight is 259 g/mol. The predicted molar refractivity (Wildman–Crippen MR) is 76.8 cm³/mol. The first kappa shape index (κ1) is 13.8. The van der Waals surface area contributed by atoms with Crippen LogP contribution in [-0.2, 0) is 11.3 Å². The van der Waals surface area contributed by atoms with Gasteiger partial charge in [0.25, 0.3) is 0 Å². The van der Waals surface area contributed by atoms with Gasteiger partial charge in [0.2, 0.25) is 0 Å². The summed E-state index contributed by atoms with van der Waals surface area (Å²) >= 11 is 0. The molecular weight excluding hydrogens is 238 g/mol. The molecule has 0 saturated heterocycles. The minimum atomic E-state index is 0.368. The van der Waals surface area contributed by atoms with E-state index >= 15 is 0 Å². The van der Waals surface area contributed by atoms with Crippen LogP contribution in [0.4, 0.5) is 0 Å². The van der Waals surface area contributed by atoms with Crippen LogP contribution < -0.4 is 5.32 Å². The summed E-state index contributed by atoms with van der Waals surface area (Å²) in [7, 11) is 0. The Morgan fingerprint density at radius 2 is 2.05 bits per heavy atom. The van der Waals surface area contributed by atoms with Crippen molar-refractivity contribution in [2.45, 2.75) is 26.4 Å². The van der Waals surface area contributed by atoms with Gasteiger partial charge in [-0.1, -0.05) is 24.3 Å². The van der Waals surface area contributed by atoms with Crippen LogP contribution in [0.25, 0.3) is 11.3 Å². The van der Waals surface area contributed by atoms with E-state index in [1.807, 2.05) is 13.0 Å². The molecule has 1 heterocycles. The third-order valence-corrected chi connectivity index (χ3v) is 2.99. The van der Waals surface area contributed by atoms with Crippen molar-refractivity contribution in [3.8, 4) is 11.3 Å². The monoisotopic (exact) mass is 259 g/mol. The molecule has 4 nitrogen and oxygen atoms in total. The van der Waals surface area contributed by atoms with Crippen molar-refractivity contribution in [1.82, 2.24) is 15.5 Å². The van der Waals surface area contributed by atoms with Gasteiger partial charge in [-0.25, -0.2) is 0 Å². The molecule has 0 amide bonds. The van der Waals surface area contributed by atoms with Crippen LogP contribution in [0.1, 0.15) is 19.4 Å². The van der Waals surface area contributed by atoms with E-state index in [0.717, 1.165) is 31.0 Å². The van der Waals surface area contributed by atoms with E-state index in [-0.39, 0.29) is 0 Å². The molecular formula is C15H21N3O. The lowest BCUT2D eigenvalue weighted by atomic mass is 10.1. The van der Waals surface area contributed by atoms with Gasteiger partial charge >= 0.3 is 0 Å². The molecule has 0 aliphatic heterocycles. The lowest BCUT2D eigenvalue weighted by Crippen LogP contribution is -2.30. The van der Waals surface area contributed by atoms with Gasteiger partial charge in [0.15, 0.2) is 0 Å². The van der Waals surface area contributed by atoms with Crippen molar-refractivity contribution in [1.29, 1.82) is 0 Å². The van der Waals surface area contributed by atoms with Crippen LogP contribution in [-0.4, -0.2) is 29.5 Å². The summed E-state index contributed by atoms with van der Waals surface area (Å²) in [6.45, 7) is 6.53. The second kappa shape index (κ2) is 7.07. The van der Waals surface area contributed by atoms with Gasteiger partial charge in [-0.3, -0.25) is 5.10 Å². The number of rotatable bonds is 7. The summed E-state index contributed by atoms with van der Waals surface area (Å²) in [5.41, 5.74) is 3.47. The van der Waals surface area contributed by atoms with Crippen LogP contribution in [0.2, 0.25) is 0 Å². The maximum Gasteiger partial charge on any atom is 0.0650 e. The Bertz CT molecular complexity index is 465. The van der Waals surface area contributed by atoms with E-state index < -0.39 is 0 Å². The number of benzene rings is 1. The lowest BCUT2D eigenvalue weighted by Gasteiger charge is -2.13. The number of nitrogens with zero attached hydrogens (tertiary/aromatic N) is 1. The Labute approximate surface area is 114 Å². The molecule has 102 valence electrons. The number of nitrogens with one attached hydrogen (secondary N) is 2. The molecule has 2 aromatic rings. The molecule has 2 rings (SSSR count). The molecule has 1 atom stereocenters. The maximum atomic E-state index is 5.38. The number of hydrogen-bond donors (Lipinski definition) is 2. The first-order valence-corrected chi connectivity index (χ1v) is 6.69. The van der Waals surface area contributed by atoms with E-state index in [1.165, 1.54) is 5.56 Å². The van der Waals surface area contributed by atoms with E-state index in [1.54, 1.807) is 6.20 Å². The molecule has 0 bridgehead atoms. The van der Waals surface area contributed by atoms with Crippen LogP contribution in [0.15, 0.2) is 36.5 Å². The van der Waals surface area contributed by atoms with Crippen molar-refractivity contribution in [3.63, 3.8) is 0 Å². The highest BCUT2D eigenvalue weighted by atomic mass is 16.5. The molecule has 1 aromatic heterocycles. The van der Waals surface area contributed by atoms with Crippen LogP contribution in [0.3, 0.4) is 0 Å². The van der Waals surface area contributed by atoms with Crippen molar-refractivity contribution >= 4 is 0 Å². The minimum Gasteiger partial charge on any atom is -0.380 e. The van der Waals surface area contributed by atoms with E-state index in [2.05, 4.69) is 46.7 Å². The SMILES string of the molecule is CCOCC(C)NCc1ccc(-c2ccn[nH]2)cc1. The minimum absolute atomic E-state index is 0.368. The molecule has 0 aliphatic rings. The Balaban J connectivity index is 1.85. The largest absolute Gasteiger partial charge is 0.380 e. The Morgan fingerprint density at radius 1 is 1.26 bits per heavy atom. The van der Waals surface area contributed by atoms with Gasteiger partial charge in [-0.05, 0) is 31.0 Å². The van der Waals surface area contributed by atoms with E-state index in [4.69, 9.17) is 4.74 Å². The first-order chi connectivity index (χ1) is 9.29. The van der Waals surface area contributed by atoms with Crippen LogP contribution >= 0.6 is 0 Å². The van der Waals surface area contributed by atoms with Gasteiger partial charge in [0, 0.05) is 25.4 Å². The highest BCUT2D eigenvalue weighted by Crippen LogP contribution is 2.16. The van der Waals surface area contributed by atoms with Gasteiger partial charge in [0.05, 0.1) is 12.3 Å². The number of aromatic amines is 1. The van der Waals surface area contributed by atoms with Gasteiger partial charge in [-0.2, -0.15) is 5.10 Å². The third kappa shape index (κ3) is 4.19. The first-order valence-electron chi connectivity index (χ1n) is 6.69. The fourth-order valence-electron chi connectivity index (χ4n) is 1.86. The van der Waals surface area contributed by atoms with E-state index in [0.29, 0.717) is 6.04 Å². The highest BCUT2D eigenvalue weighted by Gasteiger charge is 2.02. The summed E-state index contributed by atoms with van der Waals surface area (Å²) in [6.07, 6.45) is 1.76. The number of aromatic nitrogens is 2. The number of hydrogen-bond acceptors (Lipinski definition) is 3. The molecule has 1 aromatic carbocycles. The Hall–Kier alpha value is -1.65. The van der Waals surface area contributed by atoms with Crippen LogP contribution in [0.5, 0.6) is 0 Å². The molecule has 2 N–H and O–H groups in total. The average Bonchev–Trinajstić information content (AvgIpc) is 2.97. The topological polar surface area (TPSA) is 49.9 Å². The van der Waals surface area contributed by atoms with Gasteiger partial charge < -0.3 is 10.1 Å². The normalized spacial score (nSPS) is 12.5. The fourth-order valence-corrected chi connectivity index (χ4v) is 1.86. The highest BCUT2D eigenvalue weighted by molar-refractivity contribution is 5.58. The fraction of sp³-hybridized carbons (Fsp3) is 0.400. The zero-order valence-corrected chi connectivity index (χ0v) is 11.5. The lowest BCUT2D eigenvalue weighted by molar-refractivity contribution is 0.127. The molecule has 4 heteroatoms. The summed E-state index contributed by atoms with van der Waals surface area (Å²) in [4.78, 5) is 0. The molecule has 0 radical (unpaired) electrons. The quantitative estimate of drug-likeness (QED) is 0.803. The van der Waals surface area contributed by atoms with Gasteiger partial charge in [0.1, 0.15) is 0 Å². The number of ether oxygens (including phenoxy) is 1. The second-order valence-electron chi connectivity index (χ2n) is 4.61. The molecule has 0 fully saturated rings. The molecule has 19 heavy (non-hydrogen) atoms. The molecule has 1 unspecified atom stereocenters. The Kier molecular flexibility index (Phi) is 5.12. The molecule has 0 aliphatic carbocycles. The smallest absolute Gasteiger partial charge is 0.0650 e. The summed E-state index contributed by atoms with van der Waals surface area (Å²) in [6, 6.07) is 10.8. The summed E-state index contributed by atoms with van der Waals surface area (Å²) in [5, 5.41) is 10.4. The molecule has 0 spiro atoms. The van der Waals surface area contributed by atoms with Crippen molar-refractivity contribution in [2.75, 3.05) is 13.2 Å². The Morgan fingerprint density at radius 3 is 2.68 bits per heavy atom. The standard InChI is InChI=1S/C15H21N3O/c1-3-19-11-12(2)16-10-13-4-6-14(7-5-13)15-8-9-17-18-15/h4-9,12,16H,3,10-11H2,1-2H3,(H,17,18). The second-order valence-corrected chi connectivity index (χ2v) is 4.61. The zero-order valence-electron chi connectivity index (χ0n) is 11.5. The number of H-pyrrole nitrogens is 1. The summed E-state index contributed by atoms with van der Waals surface area (Å²) in [5.74, 6) is 0. The maximum absolute atomic E-state index is 5.38. The van der Waals surface area contributed by atoms with E-state index in [9.17, 15) is 0 Å². The predicted octanol–water partition coefficient (Wildman–Crippen LogP) is 2.59.